The molecule has 0 amide bonds. The summed E-state index contributed by atoms with van der Waals surface area (Å²) in [5, 5.41) is 0. The summed E-state index contributed by atoms with van der Waals surface area (Å²) in [6, 6.07) is 8.34. The van der Waals surface area contributed by atoms with Gasteiger partial charge in [-0.1, -0.05) is 68.6 Å². The Kier molecular flexibility index (Phi) is 5.31. The van der Waals surface area contributed by atoms with Crippen LogP contribution in [0.4, 0.5) is 0 Å². The van der Waals surface area contributed by atoms with Gasteiger partial charge in [-0.2, -0.15) is 0 Å². The lowest BCUT2D eigenvalue weighted by Gasteiger charge is -2.02. The first kappa shape index (κ1) is 12.4. The first-order chi connectivity index (χ1) is 6.27. The Morgan fingerprint density at radius 1 is 1.29 bits per heavy atom. The molecule has 1 rings (SSSR count). The molecule has 0 saturated carbocycles. The molecule has 1 aromatic carbocycles. The van der Waals surface area contributed by atoms with Crippen LogP contribution in [0, 0.1) is 6.92 Å². The van der Waals surface area contributed by atoms with E-state index < -0.39 is 0 Å². The Labute approximate surface area is 87.3 Å². The number of hydrogen-bond acceptors (Lipinski definition) is 0. The van der Waals surface area contributed by atoms with Crippen LogP contribution >= 0.6 is 0 Å². The summed E-state index contributed by atoms with van der Waals surface area (Å²) >= 11 is 0. The molecular weight excluding hydrogens is 168 g/mol. The van der Waals surface area contributed by atoms with Gasteiger partial charge in [-0.15, -0.1) is 0 Å². The van der Waals surface area contributed by atoms with Crippen LogP contribution in [0.15, 0.2) is 55.7 Å². The lowest BCUT2D eigenvalue weighted by molar-refractivity contribution is 1.45. The summed E-state index contributed by atoms with van der Waals surface area (Å²) in [7, 11) is 0. The third-order valence-corrected chi connectivity index (χ3v) is 1.87. The summed E-state index contributed by atoms with van der Waals surface area (Å²) < 4.78 is 0. The van der Waals surface area contributed by atoms with Gasteiger partial charge in [0.15, 0.2) is 0 Å². The quantitative estimate of drug-likeness (QED) is 0.614. The number of hydrogen-bond donors (Lipinski definition) is 0. The van der Waals surface area contributed by atoms with Crippen LogP contribution in [-0.2, 0) is 0 Å². The topological polar surface area (TPSA) is 0 Å². The average Bonchev–Trinajstić information content (AvgIpc) is 2.14. The second-order valence-corrected chi connectivity index (χ2v) is 2.93. The lowest BCUT2D eigenvalue weighted by atomic mass is 10.0. The molecule has 0 aromatic heterocycles. The largest absolute Gasteiger partial charge is 0.0990 e. The van der Waals surface area contributed by atoms with Crippen molar-refractivity contribution in [3.63, 3.8) is 0 Å². The van der Waals surface area contributed by atoms with Gasteiger partial charge < -0.3 is 0 Å². The van der Waals surface area contributed by atoms with Crippen LogP contribution in [0.5, 0.6) is 0 Å². The molecule has 0 aliphatic carbocycles. The number of allylic oxidation sites excluding steroid dienone is 4. The second-order valence-electron chi connectivity index (χ2n) is 2.93. The van der Waals surface area contributed by atoms with Crippen molar-refractivity contribution < 1.29 is 0 Å². The van der Waals surface area contributed by atoms with Gasteiger partial charge in [-0.05, 0) is 18.1 Å². The maximum atomic E-state index is 3.77. The molecular formula is C14H18. The Balaban J connectivity index is 0.00000169. The van der Waals surface area contributed by atoms with Crippen LogP contribution in [0.25, 0.3) is 5.57 Å². The number of aryl methyl sites for hydroxylation is 1. The van der Waals surface area contributed by atoms with E-state index in [1.165, 1.54) is 11.1 Å². The third-order valence-electron chi connectivity index (χ3n) is 1.87. The van der Waals surface area contributed by atoms with Crippen LogP contribution < -0.4 is 0 Å². The van der Waals surface area contributed by atoms with Gasteiger partial charge in [0.05, 0.1) is 0 Å². The fourth-order valence-corrected chi connectivity index (χ4v) is 1.23. The molecule has 0 bridgehead atoms. The molecule has 0 saturated heterocycles. The smallest absolute Gasteiger partial charge is 0.0182 e. The summed E-state index contributed by atoms with van der Waals surface area (Å²) in [4.78, 5) is 0. The zero-order chi connectivity index (χ0) is 9.68. The van der Waals surface area contributed by atoms with E-state index in [1.807, 2.05) is 18.2 Å². The molecule has 0 unspecified atom stereocenters. The molecule has 0 N–H and O–H groups in total. The molecule has 0 aliphatic heterocycles. The van der Waals surface area contributed by atoms with E-state index in [0.717, 1.165) is 5.57 Å². The first-order valence-electron chi connectivity index (χ1n) is 4.30. The van der Waals surface area contributed by atoms with Crippen molar-refractivity contribution in [1.29, 1.82) is 0 Å². The van der Waals surface area contributed by atoms with Crippen molar-refractivity contribution in [3.05, 3.63) is 66.8 Å². The van der Waals surface area contributed by atoms with Crippen molar-refractivity contribution in [2.24, 2.45) is 0 Å². The van der Waals surface area contributed by atoms with Crippen molar-refractivity contribution in [1.82, 2.24) is 0 Å². The summed E-state index contributed by atoms with van der Waals surface area (Å²) in [6.45, 7) is 9.52. The minimum Gasteiger partial charge on any atom is -0.0990 e. The van der Waals surface area contributed by atoms with Crippen molar-refractivity contribution in [2.75, 3.05) is 0 Å². The van der Waals surface area contributed by atoms with E-state index in [0.29, 0.717) is 0 Å². The molecule has 74 valence electrons. The van der Waals surface area contributed by atoms with Gasteiger partial charge in [0.1, 0.15) is 0 Å². The van der Waals surface area contributed by atoms with E-state index in [4.69, 9.17) is 0 Å². The average molecular weight is 186 g/mol. The van der Waals surface area contributed by atoms with Crippen LogP contribution in [0.2, 0.25) is 0 Å². The van der Waals surface area contributed by atoms with E-state index >= 15 is 0 Å². The highest BCUT2D eigenvalue weighted by Gasteiger charge is 1.95. The molecule has 14 heavy (non-hydrogen) atoms. The van der Waals surface area contributed by atoms with Crippen molar-refractivity contribution in [2.45, 2.75) is 14.4 Å². The van der Waals surface area contributed by atoms with E-state index in [1.54, 1.807) is 6.08 Å². The summed E-state index contributed by atoms with van der Waals surface area (Å²) in [5.41, 5.74) is 3.56. The second kappa shape index (κ2) is 5.98. The molecule has 0 spiro atoms. The highest BCUT2D eigenvalue weighted by atomic mass is 14.0. The minimum atomic E-state index is 0. The van der Waals surface area contributed by atoms with Crippen LogP contribution in [-0.4, -0.2) is 0 Å². The van der Waals surface area contributed by atoms with Crippen LogP contribution in [0.3, 0.4) is 0 Å². The van der Waals surface area contributed by atoms with Crippen LogP contribution in [0.1, 0.15) is 18.6 Å². The predicted molar refractivity (Wildman–Crippen MR) is 66.3 cm³/mol. The van der Waals surface area contributed by atoms with E-state index in [-0.39, 0.29) is 7.43 Å². The normalized spacial score (nSPS) is 10.2. The highest BCUT2D eigenvalue weighted by molar-refractivity contribution is 5.74. The Morgan fingerprint density at radius 2 is 2.00 bits per heavy atom. The lowest BCUT2D eigenvalue weighted by Crippen LogP contribution is -1.81. The number of benzene rings is 1. The molecule has 0 nitrogen and oxygen atoms in total. The fraction of sp³-hybridized carbons (Fsp3) is 0.143. The van der Waals surface area contributed by atoms with Gasteiger partial charge in [0.2, 0.25) is 0 Å². The first-order valence-corrected chi connectivity index (χ1v) is 4.30. The standard InChI is InChI=1S/C13H14.CH4/c1-4-7-12(5-2)13-9-6-8-11(3)10-13;/h4-10H,1-2H2,3H3;1H4/b12-7+;. The summed E-state index contributed by atoms with van der Waals surface area (Å²) in [5.74, 6) is 0. The predicted octanol–water partition coefficient (Wildman–Crippen LogP) is 4.39. The molecule has 0 heteroatoms. The Hall–Kier alpha value is -1.56. The van der Waals surface area contributed by atoms with Gasteiger partial charge in [-0.25, -0.2) is 0 Å². The molecule has 0 radical (unpaired) electrons. The maximum Gasteiger partial charge on any atom is -0.0182 e. The van der Waals surface area contributed by atoms with Gasteiger partial charge in [0, 0.05) is 0 Å². The molecule has 0 aliphatic rings. The zero-order valence-electron chi connectivity index (χ0n) is 7.96. The number of rotatable bonds is 3. The monoisotopic (exact) mass is 186 g/mol. The Bertz CT molecular complexity index is 343. The van der Waals surface area contributed by atoms with Crippen molar-refractivity contribution >= 4 is 5.57 Å². The molecule has 1 aromatic rings. The van der Waals surface area contributed by atoms with E-state index in [9.17, 15) is 0 Å². The van der Waals surface area contributed by atoms with Gasteiger partial charge >= 0.3 is 0 Å². The van der Waals surface area contributed by atoms with Gasteiger partial charge in [0.25, 0.3) is 0 Å². The Morgan fingerprint density at radius 3 is 2.50 bits per heavy atom. The minimum absolute atomic E-state index is 0. The van der Waals surface area contributed by atoms with E-state index in [2.05, 4.69) is 38.3 Å². The van der Waals surface area contributed by atoms with Gasteiger partial charge in [-0.3, -0.25) is 0 Å². The summed E-state index contributed by atoms with van der Waals surface area (Å²) in [6.07, 6.45) is 5.58. The molecule has 0 fully saturated rings. The highest BCUT2D eigenvalue weighted by Crippen LogP contribution is 2.16. The zero-order valence-corrected chi connectivity index (χ0v) is 7.96. The maximum absolute atomic E-state index is 3.77. The fourth-order valence-electron chi connectivity index (χ4n) is 1.23. The molecule has 0 heterocycles. The third kappa shape index (κ3) is 3.06. The van der Waals surface area contributed by atoms with Crippen molar-refractivity contribution in [3.8, 4) is 0 Å². The SMILES string of the molecule is C.C=C/C=C(\C=C)c1cccc(C)c1. The molecule has 0 atom stereocenters.